The summed E-state index contributed by atoms with van der Waals surface area (Å²) in [6.45, 7) is 2.13. The molecule has 0 bridgehead atoms. The fraction of sp³-hybridized carbons (Fsp3) is 0.150. The van der Waals surface area contributed by atoms with Crippen LogP contribution >= 0.6 is 27.3 Å². The van der Waals surface area contributed by atoms with Crippen molar-refractivity contribution in [3.8, 4) is 0 Å². The summed E-state index contributed by atoms with van der Waals surface area (Å²) in [4.78, 5) is 17.0. The third-order valence-electron chi connectivity index (χ3n) is 4.54. The fourth-order valence-electron chi connectivity index (χ4n) is 3.00. The van der Waals surface area contributed by atoms with Gasteiger partial charge in [-0.1, -0.05) is 34.1 Å². The molecule has 10 heteroatoms. The number of benzene rings is 1. The van der Waals surface area contributed by atoms with Crippen LogP contribution in [0, 0.1) is 6.92 Å². The van der Waals surface area contributed by atoms with Crippen molar-refractivity contribution in [1.82, 2.24) is 14.8 Å². The molecular formula is C20H14BrF3N4OS. The van der Waals surface area contributed by atoms with Gasteiger partial charge in [-0.05, 0) is 36.2 Å². The van der Waals surface area contributed by atoms with Gasteiger partial charge >= 0.3 is 6.18 Å². The van der Waals surface area contributed by atoms with E-state index in [0.29, 0.717) is 28.2 Å². The molecule has 0 aliphatic carbocycles. The monoisotopic (exact) mass is 494 g/mol. The van der Waals surface area contributed by atoms with Crippen molar-refractivity contribution in [2.75, 3.05) is 5.32 Å². The van der Waals surface area contributed by atoms with Crippen LogP contribution in [0.5, 0.6) is 0 Å². The molecule has 0 spiro atoms. The van der Waals surface area contributed by atoms with Crippen LogP contribution < -0.4 is 5.32 Å². The Kier molecular flexibility index (Phi) is 5.37. The number of carbonyl (C=O) groups excluding carboxylic acids is 1. The van der Waals surface area contributed by atoms with E-state index in [-0.39, 0.29) is 4.83 Å². The second kappa shape index (κ2) is 7.84. The highest BCUT2D eigenvalue weighted by molar-refractivity contribution is 9.10. The Morgan fingerprint density at radius 1 is 1.20 bits per heavy atom. The van der Waals surface area contributed by atoms with E-state index in [1.54, 1.807) is 23.9 Å². The zero-order valence-electron chi connectivity index (χ0n) is 15.5. The maximum absolute atomic E-state index is 12.9. The van der Waals surface area contributed by atoms with Gasteiger partial charge in [-0.25, -0.2) is 9.67 Å². The van der Waals surface area contributed by atoms with E-state index < -0.39 is 17.8 Å². The lowest BCUT2D eigenvalue weighted by atomic mass is 10.2. The standard InChI is InChI=1S/C20H14BrF3N4OS/c1-11-13-6-7-15(20(22,23)24)26-19(13)30-17(11)18(29)27-16-8-9-25-28(16)10-12-4-2-3-5-14(12)21/h2-9H,10H2,1H3,(H,27,29). The molecule has 30 heavy (non-hydrogen) atoms. The minimum Gasteiger partial charge on any atom is -0.306 e. The van der Waals surface area contributed by atoms with E-state index in [4.69, 9.17) is 0 Å². The number of hydrogen-bond acceptors (Lipinski definition) is 4. The van der Waals surface area contributed by atoms with Gasteiger partial charge in [0.1, 0.15) is 16.3 Å². The van der Waals surface area contributed by atoms with Gasteiger partial charge in [0.2, 0.25) is 0 Å². The number of anilines is 1. The molecular weight excluding hydrogens is 481 g/mol. The number of rotatable bonds is 4. The zero-order valence-corrected chi connectivity index (χ0v) is 17.9. The lowest BCUT2D eigenvalue weighted by Gasteiger charge is -2.10. The maximum atomic E-state index is 12.9. The highest BCUT2D eigenvalue weighted by Crippen LogP contribution is 2.34. The van der Waals surface area contributed by atoms with Crippen LogP contribution in [0.4, 0.5) is 19.0 Å². The number of hydrogen-bond donors (Lipinski definition) is 1. The minimum atomic E-state index is -4.54. The third-order valence-corrected chi connectivity index (χ3v) is 6.51. The second-order valence-corrected chi connectivity index (χ2v) is 8.38. The molecule has 3 aromatic heterocycles. The summed E-state index contributed by atoms with van der Waals surface area (Å²) in [5.74, 6) is 0.0643. The van der Waals surface area contributed by atoms with Crippen LogP contribution in [0.25, 0.3) is 10.2 Å². The molecule has 1 amide bonds. The van der Waals surface area contributed by atoms with E-state index in [0.717, 1.165) is 27.4 Å². The Labute approximate surface area is 181 Å². The highest BCUT2D eigenvalue weighted by atomic mass is 79.9. The smallest absolute Gasteiger partial charge is 0.306 e. The average molecular weight is 495 g/mol. The molecule has 0 saturated carbocycles. The summed E-state index contributed by atoms with van der Waals surface area (Å²) < 4.78 is 41.4. The van der Waals surface area contributed by atoms with E-state index in [9.17, 15) is 18.0 Å². The summed E-state index contributed by atoms with van der Waals surface area (Å²) in [6, 6.07) is 11.6. The SMILES string of the molecule is Cc1c(C(=O)Nc2ccnn2Cc2ccccc2Br)sc2nc(C(F)(F)F)ccc12. The molecule has 0 unspecified atom stereocenters. The molecule has 3 heterocycles. The molecule has 0 radical (unpaired) electrons. The number of amides is 1. The summed E-state index contributed by atoms with van der Waals surface area (Å²) in [5.41, 5.74) is 0.596. The first-order chi connectivity index (χ1) is 14.2. The van der Waals surface area contributed by atoms with Gasteiger partial charge in [-0.2, -0.15) is 18.3 Å². The number of alkyl halides is 3. The summed E-state index contributed by atoms with van der Waals surface area (Å²) >= 11 is 4.43. The van der Waals surface area contributed by atoms with E-state index in [1.165, 1.54) is 6.07 Å². The van der Waals surface area contributed by atoms with Crippen molar-refractivity contribution >= 4 is 49.2 Å². The summed E-state index contributed by atoms with van der Waals surface area (Å²) in [6.07, 6.45) is -2.96. The molecule has 0 atom stereocenters. The summed E-state index contributed by atoms with van der Waals surface area (Å²) in [5, 5.41) is 7.58. The Hall–Kier alpha value is -2.72. The quantitative estimate of drug-likeness (QED) is 0.385. The first kappa shape index (κ1) is 20.5. The summed E-state index contributed by atoms with van der Waals surface area (Å²) in [7, 11) is 0. The topological polar surface area (TPSA) is 59.8 Å². The predicted molar refractivity (Wildman–Crippen MR) is 113 cm³/mol. The number of fused-ring (bicyclic) bond motifs is 1. The highest BCUT2D eigenvalue weighted by Gasteiger charge is 2.33. The molecule has 0 saturated heterocycles. The lowest BCUT2D eigenvalue weighted by molar-refractivity contribution is -0.140. The van der Waals surface area contributed by atoms with Crippen molar-refractivity contribution < 1.29 is 18.0 Å². The van der Waals surface area contributed by atoms with Crippen molar-refractivity contribution in [2.45, 2.75) is 19.6 Å². The number of aromatic nitrogens is 3. The zero-order chi connectivity index (χ0) is 21.5. The van der Waals surface area contributed by atoms with Crippen LogP contribution in [0.15, 0.2) is 53.1 Å². The van der Waals surface area contributed by atoms with Gasteiger partial charge in [0.25, 0.3) is 5.91 Å². The van der Waals surface area contributed by atoms with Gasteiger partial charge < -0.3 is 5.32 Å². The fourth-order valence-corrected chi connectivity index (χ4v) is 4.48. The first-order valence-electron chi connectivity index (χ1n) is 8.78. The number of halogens is 4. The van der Waals surface area contributed by atoms with E-state index in [1.807, 2.05) is 24.3 Å². The Morgan fingerprint density at radius 3 is 2.70 bits per heavy atom. The molecule has 0 aliphatic rings. The average Bonchev–Trinajstić information content (AvgIpc) is 3.27. The number of carbonyl (C=O) groups is 1. The van der Waals surface area contributed by atoms with Crippen LogP contribution in [-0.4, -0.2) is 20.7 Å². The van der Waals surface area contributed by atoms with Crippen molar-refractivity contribution in [2.24, 2.45) is 0 Å². The first-order valence-corrected chi connectivity index (χ1v) is 10.4. The number of aryl methyl sites for hydroxylation is 1. The van der Waals surface area contributed by atoms with Crippen LogP contribution in [0.2, 0.25) is 0 Å². The van der Waals surface area contributed by atoms with Gasteiger partial charge in [0, 0.05) is 15.9 Å². The molecule has 1 N–H and O–H groups in total. The number of thiophene rings is 1. The van der Waals surface area contributed by atoms with Crippen molar-refractivity contribution in [3.05, 3.63) is 74.8 Å². The Morgan fingerprint density at radius 2 is 1.97 bits per heavy atom. The van der Waals surface area contributed by atoms with Gasteiger partial charge in [0.15, 0.2) is 0 Å². The normalized spacial score (nSPS) is 11.8. The molecule has 0 aliphatic heterocycles. The van der Waals surface area contributed by atoms with Gasteiger partial charge in [-0.15, -0.1) is 11.3 Å². The molecule has 5 nitrogen and oxygen atoms in total. The van der Waals surface area contributed by atoms with Gasteiger partial charge in [-0.3, -0.25) is 4.79 Å². The van der Waals surface area contributed by atoms with Crippen LogP contribution in [0.3, 0.4) is 0 Å². The second-order valence-electron chi connectivity index (χ2n) is 6.52. The Bertz CT molecular complexity index is 1250. The molecule has 1 aromatic carbocycles. The number of pyridine rings is 1. The van der Waals surface area contributed by atoms with E-state index in [2.05, 4.69) is 31.3 Å². The molecule has 0 fully saturated rings. The van der Waals surface area contributed by atoms with Crippen molar-refractivity contribution in [1.29, 1.82) is 0 Å². The minimum absolute atomic E-state index is 0.175. The largest absolute Gasteiger partial charge is 0.433 e. The van der Waals surface area contributed by atoms with Crippen LogP contribution in [-0.2, 0) is 12.7 Å². The third kappa shape index (κ3) is 3.97. The van der Waals surface area contributed by atoms with Crippen LogP contribution in [0.1, 0.15) is 26.5 Å². The number of nitrogens with zero attached hydrogens (tertiary/aromatic N) is 3. The maximum Gasteiger partial charge on any atom is 0.433 e. The molecule has 4 rings (SSSR count). The Balaban J connectivity index is 1.61. The van der Waals surface area contributed by atoms with Crippen molar-refractivity contribution in [3.63, 3.8) is 0 Å². The number of nitrogens with one attached hydrogen (secondary N) is 1. The lowest BCUT2D eigenvalue weighted by Crippen LogP contribution is -2.16. The van der Waals surface area contributed by atoms with Gasteiger partial charge in [0.05, 0.1) is 17.6 Å². The molecule has 154 valence electrons. The molecule has 4 aromatic rings. The predicted octanol–water partition coefficient (Wildman–Crippen LogP) is 5.88. The van der Waals surface area contributed by atoms with E-state index >= 15 is 0 Å².